The van der Waals surface area contributed by atoms with Crippen LogP contribution < -0.4 is 0 Å². The van der Waals surface area contributed by atoms with Gasteiger partial charge in [-0.1, -0.05) is 18.2 Å². The largest absolute Gasteiger partial charge is 0.335 e. The molecule has 3 aromatic carbocycles. The van der Waals surface area contributed by atoms with Crippen LogP contribution in [-0.4, -0.2) is 0 Å². The smallest absolute Gasteiger partial charge is 0 e. The first kappa shape index (κ1) is 29.8. The predicted molar refractivity (Wildman–Crippen MR) is 130 cm³/mol. The average Bonchev–Trinajstić information content (AvgIpc) is 3.32. The minimum atomic E-state index is 0. The van der Waals surface area contributed by atoms with Crippen molar-refractivity contribution in [1.82, 2.24) is 0 Å². The van der Waals surface area contributed by atoms with E-state index in [4.69, 9.17) is 0 Å². The van der Waals surface area contributed by atoms with E-state index in [1.54, 1.807) is 0 Å². The van der Waals surface area contributed by atoms with E-state index in [0.717, 1.165) is 23.1 Å². The second-order valence-electron chi connectivity index (χ2n) is 6.04. The van der Waals surface area contributed by atoms with Gasteiger partial charge in [-0.2, -0.15) is 93.8 Å². The molecule has 0 aliphatic heterocycles. The summed E-state index contributed by atoms with van der Waals surface area (Å²) in [6.45, 7) is 15.2. The molecule has 0 N–H and O–H groups in total. The van der Waals surface area contributed by atoms with Crippen LogP contribution in [0, 0.1) is 33.3 Å². The molecule has 0 atom stereocenters. The average molecular weight is 473 g/mol. The zero-order chi connectivity index (χ0) is 21.6. The first-order valence-electron chi connectivity index (χ1n) is 9.66. The molecule has 0 heterocycles. The van der Waals surface area contributed by atoms with E-state index in [2.05, 4.69) is 32.9 Å². The molecule has 0 radical (unpaired) electrons. The minimum absolute atomic E-state index is 0. The molecular weight excluding hydrogens is 440 g/mol. The van der Waals surface area contributed by atoms with Gasteiger partial charge < -0.3 is 6.42 Å². The number of allylic oxidation sites excluding steroid dienone is 4. The van der Waals surface area contributed by atoms with Crippen molar-refractivity contribution in [3.63, 3.8) is 0 Å². The molecule has 158 valence electrons. The van der Waals surface area contributed by atoms with E-state index >= 15 is 0 Å². The van der Waals surface area contributed by atoms with Gasteiger partial charge in [0.25, 0.3) is 0 Å². The molecule has 30 heavy (non-hydrogen) atoms. The Kier molecular flexibility index (Phi) is 22.8. The van der Waals surface area contributed by atoms with E-state index < -0.39 is 0 Å². The maximum absolute atomic E-state index is 3.72. The minimum Gasteiger partial charge on any atom is -0.335 e. The van der Waals surface area contributed by atoms with Gasteiger partial charge in [-0.25, -0.2) is 12.2 Å². The molecular formula is C29H33Zr-5. The number of hydrogen-bond acceptors (Lipinski definition) is 0. The standard InChI is InChI=1S/3C7H7.C5H5.C3H7.Zr/c3*1-7-5-3-2-4-6-7;1-2-4-5-3-1;1-3-2;/h3*2-6H,1H2;1-3H,4H2;3H,1-2H3;/q5*-1;. The second kappa shape index (κ2) is 22.9. The molecule has 1 aliphatic rings. The van der Waals surface area contributed by atoms with E-state index in [0.29, 0.717) is 0 Å². The summed E-state index contributed by atoms with van der Waals surface area (Å²) in [7, 11) is 0. The summed E-state index contributed by atoms with van der Waals surface area (Å²) in [6, 6.07) is 29.6. The van der Waals surface area contributed by atoms with Gasteiger partial charge in [0.15, 0.2) is 0 Å². The van der Waals surface area contributed by atoms with Crippen LogP contribution in [0.3, 0.4) is 0 Å². The molecule has 0 saturated heterocycles. The Balaban J connectivity index is 0. The molecule has 0 spiro atoms. The maximum Gasteiger partial charge on any atom is 0 e. The molecule has 4 rings (SSSR count). The Hall–Kier alpha value is -2.37. The van der Waals surface area contributed by atoms with Crippen molar-refractivity contribution in [3.05, 3.63) is 159 Å². The molecule has 0 nitrogen and oxygen atoms in total. The van der Waals surface area contributed by atoms with Gasteiger partial charge in [-0.3, -0.25) is 6.08 Å². The fourth-order valence-corrected chi connectivity index (χ4v) is 1.77. The van der Waals surface area contributed by atoms with Gasteiger partial charge in [0.1, 0.15) is 0 Å². The fourth-order valence-electron chi connectivity index (χ4n) is 1.77. The third-order valence-corrected chi connectivity index (χ3v) is 3.11. The van der Waals surface area contributed by atoms with Gasteiger partial charge in [0.2, 0.25) is 0 Å². The summed E-state index contributed by atoms with van der Waals surface area (Å²) < 4.78 is 0. The molecule has 0 aromatic heterocycles. The van der Waals surface area contributed by atoms with Crippen LogP contribution >= 0.6 is 0 Å². The molecule has 1 heteroatoms. The van der Waals surface area contributed by atoms with Crippen molar-refractivity contribution in [2.45, 2.75) is 20.3 Å². The van der Waals surface area contributed by atoms with Gasteiger partial charge >= 0.3 is 0 Å². The van der Waals surface area contributed by atoms with Crippen LogP contribution in [0.25, 0.3) is 0 Å². The van der Waals surface area contributed by atoms with Gasteiger partial charge in [-0.15, -0.1) is 42.8 Å². The van der Waals surface area contributed by atoms with E-state index in [1.165, 1.54) is 0 Å². The normalized spacial score (nSPS) is 9.53. The molecule has 1 aliphatic carbocycles. The van der Waals surface area contributed by atoms with Gasteiger partial charge in [-0.05, 0) is 0 Å². The fraction of sp³-hybridized carbons (Fsp3) is 0.103. The zero-order valence-corrected chi connectivity index (χ0v) is 20.8. The van der Waals surface area contributed by atoms with Gasteiger partial charge in [0.05, 0.1) is 0 Å². The number of hydrogen-bond donors (Lipinski definition) is 0. The third kappa shape index (κ3) is 21.9. The van der Waals surface area contributed by atoms with E-state index in [9.17, 15) is 0 Å². The van der Waals surface area contributed by atoms with Crippen LogP contribution in [0.4, 0.5) is 0 Å². The second-order valence-corrected chi connectivity index (χ2v) is 6.04. The van der Waals surface area contributed by atoms with Crippen LogP contribution in [-0.2, 0) is 26.2 Å². The van der Waals surface area contributed by atoms with Crippen molar-refractivity contribution in [2.75, 3.05) is 0 Å². The number of rotatable bonds is 0. The molecule has 0 unspecified atom stereocenters. The maximum atomic E-state index is 3.72. The van der Waals surface area contributed by atoms with Crippen molar-refractivity contribution < 1.29 is 26.2 Å². The topological polar surface area (TPSA) is 0 Å². The Labute approximate surface area is 204 Å². The van der Waals surface area contributed by atoms with E-state index in [1.807, 2.05) is 123 Å². The SMILES string of the molecule is C[CH-]C.[C-]1=CC=CC1.[CH2-]c1ccccc1.[CH2-]c1ccccc1.[CH2-]c1ccccc1.[Zr]. The quantitative estimate of drug-likeness (QED) is 0.290. The molecule has 0 amide bonds. The molecule has 0 bridgehead atoms. The molecule has 3 aromatic rings. The summed E-state index contributed by atoms with van der Waals surface area (Å²) in [5.41, 5.74) is 3.22. The zero-order valence-electron chi connectivity index (χ0n) is 18.3. The summed E-state index contributed by atoms with van der Waals surface area (Å²) in [5.74, 6) is 0. The Morgan fingerprint density at radius 3 is 1.03 bits per heavy atom. The van der Waals surface area contributed by atoms with Crippen LogP contribution in [0.5, 0.6) is 0 Å². The van der Waals surface area contributed by atoms with Gasteiger partial charge in [0, 0.05) is 26.2 Å². The third-order valence-electron chi connectivity index (χ3n) is 3.11. The Bertz CT molecular complexity index is 645. The molecule has 0 saturated carbocycles. The predicted octanol–water partition coefficient (Wildman–Crippen LogP) is 8.14. The monoisotopic (exact) mass is 471 g/mol. The Morgan fingerprint density at radius 2 is 0.933 bits per heavy atom. The van der Waals surface area contributed by atoms with E-state index in [-0.39, 0.29) is 26.2 Å². The van der Waals surface area contributed by atoms with Crippen molar-refractivity contribution in [3.8, 4) is 0 Å². The first-order valence-corrected chi connectivity index (χ1v) is 9.66. The van der Waals surface area contributed by atoms with Crippen molar-refractivity contribution in [1.29, 1.82) is 0 Å². The molecule has 0 fully saturated rings. The summed E-state index contributed by atoms with van der Waals surface area (Å²) in [5, 5.41) is 0. The van der Waals surface area contributed by atoms with Crippen LogP contribution in [0.1, 0.15) is 37.0 Å². The Morgan fingerprint density at radius 1 is 0.633 bits per heavy atom. The summed E-state index contributed by atoms with van der Waals surface area (Å²) >= 11 is 0. The number of benzene rings is 3. The van der Waals surface area contributed by atoms with Crippen LogP contribution in [0.15, 0.2) is 109 Å². The summed E-state index contributed by atoms with van der Waals surface area (Å²) in [6.07, 6.45) is 12.0. The van der Waals surface area contributed by atoms with Crippen molar-refractivity contribution in [2.24, 2.45) is 0 Å². The van der Waals surface area contributed by atoms with Crippen molar-refractivity contribution >= 4 is 0 Å². The first-order chi connectivity index (χ1) is 14.1. The summed E-state index contributed by atoms with van der Waals surface area (Å²) in [4.78, 5) is 0. The van der Waals surface area contributed by atoms with Crippen LogP contribution in [0.2, 0.25) is 0 Å².